The van der Waals surface area contributed by atoms with Crippen LogP contribution in [-0.4, -0.2) is 21.1 Å². The predicted octanol–water partition coefficient (Wildman–Crippen LogP) is 2.73. The van der Waals surface area contributed by atoms with Gasteiger partial charge in [0, 0.05) is 6.04 Å². The minimum absolute atomic E-state index is 0.0351. The number of hydrogen-bond acceptors (Lipinski definition) is 4. The Morgan fingerprint density at radius 3 is 2.73 bits per heavy atom. The van der Waals surface area contributed by atoms with Crippen molar-refractivity contribution in [3.8, 4) is 5.75 Å². The second-order valence-corrected chi connectivity index (χ2v) is 6.60. The Bertz CT molecular complexity index is 713. The first-order valence-corrected chi connectivity index (χ1v) is 8.36. The summed E-state index contributed by atoms with van der Waals surface area (Å²) in [6, 6.07) is 5.01. The molecule has 1 heterocycles. The van der Waals surface area contributed by atoms with Crippen molar-refractivity contribution in [3.63, 3.8) is 0 Å². The number of benzene rings is 1. The second-order valence-electron chi connectivity index (χ2n) is 4.88. The lowest BCUT2D eigenvalue weighted by Crippen LogP contribution is -2.34. The van der Waals surface area contributed by atoms with Crippen LogP contribution in [0.5, 0.6) is 5.75 Å². The Morgan fingerprint density at radius 2 is 2.14 bits per heavy atom. The minimum atomic E-state index is -3.79. The highest BCUT2D eigenvalue weighted by Gasteiger charge is 2.19. The smallest absolute Gasteiger partial charge is 0.240 e. The van der Waals surface area contributed by atoms with Crippen molar-refractivity contribution in [2.45, 2.75) is 31.2 Å². The number of ether oxygens (including phenoxy) is 1. The molecule has 5 nitrogen and oxygen atoms in total. The van der Waals surface area contributed by atoms with Gasteiger partial charge in [-0.1, -0.05) is 0 Å². The summed E-state index contributed by atoms with van der Waals surface area (Å²) < 4.78 is 50.8. The van der Waals surface area contributed by atoms with Crippen LogP contribution in [0.15, 0.2) is 46.1 Å². The highest BCUT2D eigenvalue weighted by atomic mass is 32.2. The number of halogens is 1. The Morgan fingerprint density at radius 1 is 1.36 bits per heavy atom. The van der Waals surface area contributed by atoms with Crippen molar-refractivity contribution in [1.82, 2.24) is 4.72 Å². The highest BCUT2D eigenvalue weighted by Crippen LogP contribution is 2.21. The molecule has 0 saturated heterocycles. The van der Waals surface area contributed by atoms with Gasteiger partial charge in [-0.05, 0) is 50.1 Å². The van der Waals surface area contributed by atoms with Gasteiger partial charge in [-0.15, -0.1) is 0 Å². The van der Waals surface area contributed by atoms with Gasteiger partial charge in [-0.3, -0.25) is 0 Å². The Balaban J connectivity index is 2.11. The molecule has 1 unspecified atom stereocenters. The lowest BCUT2D eigenvalue weighted by atomic mass is 10.1. The van der Waals surface area contributed by atoms with Gasteiger partial charge in [0.05, 0.1) is 24.0 Å². The van der Waals surface area contributed by atoms with Gasteiger partial charge in [0.15, 0.2) is 11.6 Å². The van der Waals surface area contributed by atoms with Gasteiger partial charge < -0.3 is 9.15 Å². The van der Waals surface area contributed by atoms with Crippen LogP contribution >= 0.6 is 0 Å². The maximum Gasteiger partial charge on any atom is 0.240 e. The van der Waals surface area contributed by atoms with Crippen LogP contribution in [0.25, 0.3) is 0 Å². The molecule has 22 heavy (non-hydrogen) atoms. The molecule has 0 fully saturated rings. The molecule has 0 amide bonds. The van der Waals surface area contributed by atoms with E-state index in [0.717, 1.165) is 11.6 Å². The third kappa shape index (κ3) is 4.08. The normalized spacial score (nSPS) is 13.0. The molecular weight excluding hydrogens is 309 g/mol. The average molecular weight is 327 g/mol. The summed E-state index contributed by atoms with van der Waals surface area (Å²) in [7, 11) is -3.79. The molecule has 7 heteroatoms. The van der Waals surface area contributed by atoms with E-state index < -0.39 is 15.8 Å². The summed E-state index contributed by atoms with van der Waals surface area (Å²) in [5.74, 6) is -0.667. The van der Waals surface area contributed by atoms with Gasteiger partial charge in [0.2, 0.25) is 10.0 Å². The molecular formula is C15H18FNO4S. The molecule has 1 atom stereocenters. The number of hydrogen-bond donors (Lipinski definition) is 1. The number of furan rings is 1. The van der Waals surface area contributed by atoms with Gasteiger partial charge in [0.1, 0.15) is 0 Å². The van der Waals surface area contributed by atoms with E-state index >= 15 is 0 Å². The van der Waals surface area contributed by atoms with Crippen LogP contribution in [0.4, 0.5) is 4.39 Å². The van der Waals surface area contributed by atoms with Gasteiger partial charge in [-0.25, -0.2) is 17.5 Å². The van der Waals surface area contributed by atoms with E-state index in [1.165, 1.54) is 18.4 Å². The zero-order chi connectivity index (χ0) is 16.2. The van der Waals surface area contributed by atoms with Crippen LogP contribution in [0.3, 0.4) is 0 Å². The third-order valence-corrected chi connectivity index (χ3v) is 4.58. The molecule has 0 aliphatic heterocycles. The average Bonchev–Trinajstić information content (AvgIpc) is 2.93. The monoisotopic (exact) mass is 327 g/mol. The largest absolute Gasteiger partial charge is 0.491 e. The first-order valence-electron chi connectivity index (χ1n) is 6.88. The third-order valence-electron chi connectivity index (χ3n) is 2.99. The fourth-order valence-electron chi connectivity index (χ4n) is 2.06. The van der Waals surface area contributed by atoms with Gasteiger partial charge in [0.25, 0.3) is 0 Å². The molecule has 0 spiro atoms. The summed E-state index contributed by atoms with van der Waals surface area (Å²) in [5.41, 5.74) is 0.882. The lowest BCUT2D eigenvalue weighted by Gasteiger charge is -2.14. The Hall–Kier alpha value is -1.86. The molecule has 0 aliphatic rings. The van der Waals surface area contributed by atoms with E-state index in [9.17, 15) is 12.8 Å². The SMILES string of the molecule is CCOc1ccc(S(=O)(=O)NC(C)Cc2ccoc2)cc1F. The standard InChI is InChI=1S/C15H18FNO4S/c1-3-21-15-5-4-13(9-14(15)16)22(18,19)17-11(2)8-12-6-7-20-10-12/h4-7,9-11,17H,3,8H2,1-2H3. The molecule has 1 aromatic carbocycles. The van der Waals surface area contributed by atoms with Crippen molar-refractivity contribution in [3.05, 3.63) is 48.2 Å². The van der Waals surface area contributed by atoms with Crippen LogP contribution < -0.4 is 9.46 Å². The zero-order valence-electron chi connectivity index (χ0n) is 12.4. The van der Waals surface area contributed by atoms with E-state index in [1.54, 1.807) is 26.2 Å². The fourth-order valence-corrected chi connectivity index (χ4v) is 3.31. The Kier molecular flexibility index (Phi) is 5.20. The van der Waals surface area contributed by atoms with E-state index in [2.05, 4.69) is 4.72 Å². The predicted molar refractivity (Wildman–Crippen MR) is 79.8 cm³/mol. The van der Waals surface area contributed by atoms with E-state index in [0.29, 0.717) is 13.0 Å². The highest BCUT2D eigenvalue weighted by molar-refractivity contribution is 7.89. The lowest BCUT2D eigenvalue weighted by molar-refractivity contribution is 0.321. The summed E-state index contributed by atoms with van der Waals surface area (Å²) >= 11 is 0. The van der Waals surface area contributed by atoms with Crippen LogP contribution in [0.2, 0.25) is 0 Å². The van der Waals surface area contributed by atoms with Crippen molar-refractivity contribution in [1.29, 1.82) is 0 Å². The molecule has 0 saturated carbocycles. The summed E-state index contributed by atoms with van der Waals surface area (Å²) in [5, 5.41) is 0. The summed E-state index contributed by atoms with van der Waals surface area (Å²) in [6.45, 7) is 3.77. The maximum absolute atomic E-state index is 13.8. The maximum atomic E-state index is 13.8. The van der Waals surface area contributed by atoms with Crippen LogP contribution in [-0.2, 0) is 16.4 Å². The molecule has 1 aromatic heterocycles. The van der Waals surface area contributed by atoms with E-state index in [-0.39, 0.29) is 16.7 Å². The molecule has 0 radical (unpaired) electrons. The van der Waals surface area contributed by atoms with E-state index in [4.69, 9.17) is 9.15 Å². The number of rotatable bonds is 7. The van der Waals surface area contributed by atoms with Crippen molar-refractivity contribution >= 4 is 10.0 Å². The topological polar surface area (TPSA) is 68.5 Å². The second kappa shape index (κ2) is 6.93. The Labute approximate surface area is 129 Å². The minimum Gasteiger partial charge on any atom is -0.491 e. The van der Waals surface area contributed by atoms with Crippen LogP contribution in [0.1, 0.15) is 19.4 Å². The van der Waals surface area contributed by atoms with Crippen molar-refractivity contribution < 1.29 is 22.0 Å². The molecule has 0 bridgehead atoms. The molecule has 2 aromatic rings. The summed E-state index contributed by atoms with van der Waals surface area (Å²) in [4.78, 5) is -0.132. The molecule has 0 aliphatic carbocycles. The molecule has 120 valence electrons. The van der Waals surface area contributed by atoms with Crippen molar-refractivity contribution in [2.75, 3.05) is 6.61 Å². The van der Waals surface area contributed by atoms with Crippen molar-refractivity contribution in [2.24, 2.45) is 0 Å². The van der Waals surface area contributed by atoms with Gasteiger partial charge in [-0.2, -0.15) is 0 Å². The number of nitrogens with one attached hydrogen (secondary N) is 1. The van der Waals surface area contributed by atoms with Crippen LogP contribution in [0, 0.1) is 5.82 Å². The fraction of sp³-hybridized carbons (Fsp3) is 0.333. The first-order chi connectivity index (χ1) is 10.4. The summed E-state index contributed by atoms with van der Waals surface area (Å²) in [6.07, 6.45) is 3.56. The quantitative estimate of drug-likeness (QED) is 0.849. The molecule has 2 rings (SSSR count). The van der Waals surface area contributed by atoms with Gasteiger partial charge >= 0.3 is 0 Å². The first kappa shape index (κ1) is 16.5. The van der Waals surface area contributed by atoms with E-state index in [1.807, 2.05) is 0 Å². The zero-order valence-corrected chi connectivity index (χ0v) is 13.2. The molecule has 1 N–H and O–H groups in total. The number of sulfonamides is 1.